The number of hydrogen-bond acceptors (Lipinski definition) is 3. The van der Waals surface area contributed by atoms with Crippen LogP contribution >= 0.6 is 0 Å². The quantitative estimate of drug-likeness (QED) is 0.759. The molecule has 0 aliphatic heterocycles. The fourth-order valence-corrected chi connectivity index (χ4v) is 1.95. The van der Waals surface area contributed by atoms with E-state index in [1.165, 1.54) is 12.7 Å². The second-order valence-electron chi connectivity index (χ2n) is 4.99. The summed E-state index contributed by atoms with van der Waals surface area (Å²) in [5.41, 5.74) is 3.49. The third-order valence-electron chi connectivity index (χ3n) is 3.29. The minimum Gasteiger partial charge on any atom is -0.489 e. The van der Waals surface area contributed by atoms with Gasteiger partial charge in [0, 0.05) is 6.42 Å². The molecule has 0 amide bonds. The molecule has 0 heterocycles. The lowest BCUT2D eigenvalue weighted by Gasteiger charge is -2.07. The minimum atomic E-state index is -0.185. The highest BCUT2D eigenvalue weighted by atomic mass is 16.5. The Balaban J connectivity index is 1.84. The Hall–Kier alpha value is -2.29. The monoisotopic (exact) mass is 284 g/mol. The maximum absolute atomic E-state index is 11.1. The smallest absolute Gasteiger partial charge is 0.305 e. The van der Waals surface area contributed by atoms with Crippen LogP contribution in [0.5, 0.6) is 5.75 Å². The van der Waals surface area contributed by atoms with E-state index in [1.54, 1.807) is 0 Å². The summed E-state index contributed by atoms with van der Waals surface area (Å²) in [6, 6.07) is 16.1. The van der Waals surface area contributed by atoms with Crippen LogP contribution < -0.4 is 4.74 Å². The van der Waals surface area contributed by atoms with Gasteiger partial charge in [-0.15, -0.1) is 0 Å². The van der Waals surface area contributed by atoms with E-state index < -0.39 is 0 Å². The van der Waals surface area contributed by atoms with Gasteiger partial charge in [-0.25, -0.2) is 0 Å². The fourth-order valence-electron chi connectivity index (χ4n) is 1.95. The van der Waals surface area contributed by atoms with Crippen LogP contribution in [-0.4, -0.2) is 13.1 Å². The van der Waals surface area contributed by atoms with Crippen molar-refractivity contribution in [2.24, 2.45) is 0 Å². The highest BCUT2D eigenvalue weighted by Gasteiger charge is 2.02. The molecule has 2 aromatic rings. The van der Waals surface area contributed by atoms with Gasteiger partial charge >= 0.3 is 5.97 Å². The second kappa shape index (κ2) is 7.48. The van der Waals surface area contributed by atoms with Crippen LogP contribution in [0, 0.1) is 6.92 Å². The Labute approximate surface area is 125 Å². The Morgan fingerprint density at radius 1 is 0.952 bits per heavy atom. The summed E-state index contributed by atoms with van der Waals surface area (Å²) in [5, 5.41) is 0. The Morgan fingerprint density at radius 2 is 1.57 bits per heavy atom. The molecule has 0 N–H and O–H groups in total. The minimum absolute atomic E-state index is 0.185. The van der Waals surface area contributed by atoms with Crippen molar-refractivity contribution >= 4 is 5.97 Å². The second-order valence-corrected chi connectivity index (χ2v) is 4.99. The molecule has 0 bridgehead atoms. The van der Waals surface area contributed by atoms with Crippen molar-refractivity contribution in [2.45, 2.75) is 26.4 Å². The lowest BCUT2D eigenvalue weighted by Crippen LogP contribution is -2.01. The topological polar surface area (TPSA) is 35.5 Å². The number of rotatable bonds is 6. The summed E-state index contributed by atoms with van der Waals surface area (Å²) >= 11 is 0. The first-order valence-electron chi connectivity index (χ1n) is 7.01. The van der Waals surface area contributed by atoms with Crippen molar-refractivity contribution in [1.82, 2.24) is 0 Å². The van der Waals surface area contributed by atoms with Gasteiger partial charge < -0.3 is 9.47 Å². The molecule has 0 aliphatic rings. The highest BCUT2D eigenvalue weighted by molar-refractivity contribution is 5.69. The third kappa shape index (κ3) is 4.95. The van der Waals surface area contributed by atoms with E-state index in [0.29, 0.717) is 19.4 Å². The van der Waals surface area contributed by atoms with E-state index in [0.717, 1.165) is 16.9 Å². The summed E-state index contributed by atoms with van der Waals surface area (Å²) in [6.45, 7) is 2.62. The van der Waals surface area contributed by atoms with Crippen molar-refractivity contribution in [1.29, 1.82) is 0 Å². The average Bonchev–Trinajstić information content (AvgIpc) is 2.53. The molecule has 21 heavy (non-hydrogen) atoms. The molecular formula is C18H20O3. The van der Waals surface area contributed by atoms with Gasteiger partial charge in [-0.1, -0.05) is 42.0 Å². The Kier molecular flexibility index (Phi) is 5.38. The first-order chi connectivity index (χ1) is 10.2. The van der Waals surface area contributed by atoms with Gasteiger partial charge in [0.15, 0.2) is 0 Å². The Morgan fingerprint density at radius 3 is 2.19 bits per heavy atom. The number of esters is 1. The molecule has 3 heteroatoms. The molecule has 3 nitrogen and oxygen atoms in total. The van der Waals surface area contributed by atoms with E-state index in [2.05, 4.69) is 35.9 Å². The van der Waals surface area contributed by atoms with Gasteiger partial charge in [0.05, 0.1) is 7.11 Å². The summed E-state index contributed by atoms with van der Waals surface area (Å²) in [6.07, 6.45) is 1.09. The van der Waals surface area contributed by atoms with Crippen LogP contribution in [0.25, 0.3) is 0 Å². The molecule has 2 rings (SSSR count). The molecule has 0 fully saturated rings. The number of ether oxygens (including phenoxy) is 2. The zero-order valence-electron chi connectivity index (χ0n) is 12.5. The molecular weight excluding hydrogens is 264 g/mol. The lowest BCUT2D eigenvalue weighted by atomic mass is 10.1. The molecule has 0 saturated heterocycles. The molecule has 0 unspecified atom stereocenters. The zero-order valence-corrected chi connectivity index (χ0v) is 12.5. The number of benzene rings is 2. The average molecular weight is 284 g/mol. The first-order valence-corrected chi connectivity index (χ1v) is 7.01. The normalized spacial score (nSPS) is 10.2. The first kappa shape index (κ1) is 15.1. The van der Waals surface area contributed by atoms with Crippen LogP contribution in [-0.2, 0) is 22.6 Å². The lowest BCUT2D eigenvalue weighted by molar-refractivity contribution is -0.140. The van der Waals surface area contributed by atoms with E-state index in [9.17, 15) is 4.79 Å². The van der Waals surface area contributed by atoms with Crippen molar-refractivity contribution in [2.75, 3.05) is 7.11 Å². The maximum atomic E-state index is 11.1. The highest BCUT2D eigenvalue weighted by Crippen LogP contribution is 2.15. The van der Waals surface area contributed by atoms with Crippen molar-refractivity contribution in [3.8, 4) is 5.75 Å². The molecule has 110 valence electrons. The molecule has 0 aromatic heterocycles. The van der Waals surface area contributed by atoms with Crippen molar-refractivity contribution in [3.63, 3.8) is 0 Å². The number of methoxy groups -OCH3 is 1. The summed E-state index contributed by atoms with van der Waals surface area (Å²) in [5.74, 6) is 0.645. The van der Waals surface area contributed by atoms with E-state index in [4.69, 9.17) is 4.74 Å². The largest absolute Gasteiger partial charge is 0.489 e. The fraction of sp³-hybridized carbons (Fsp3) is 0.278. The SMILES string of the molecule is COC(=O)CCc1ccc(OCc2ccc(C)cc2)cc1. The van der Waals surface area contributed by atoms with Gasteiger partial charge in [0.2, 0.25) is 0 Å². The van der Waals surface area contributed by atoms with Crippen LogP contribution in [0.3, 0.4) is 0 Å². The molecule has 0 aliphatic carbocycles. The summed E-state index contributed by atoms with van der Waals surface area (Å²) < 4.78 is 10.4. The molecule has 0 atom stereocenters. The van der Waals surface area contributed by atoms with Crippen LogP contribution in [0.4, 0.5) is 0 Å². The standard InChI is InChI=1S/C18H20O3/c1-14-3-5-16(6-4-14)13-21-17-10-7-15(8-11-17)9-12-18(19)20-2/h3-8,10-11H,9,12-13H2,1-2H3. The van der Waals surface area contributed by atoms with Crippen molar-refractivity contribution in [3.05, 3.63) is 65.2 Å². The summed E-state index contributed by atoms with van der Waals surface area (Å²) in [7, 11) is 1.41. The molecule has 0 saturated carbocycles. The van der Waals surface area contributed by atoms with Gasteiger partial charge in [0.25, 0.3) is 0 Å². The van der Waals surface area contributed by atoms with Gasteiger partial charge in [-0.3, -0.25) is 4.79 Å². The van der Waals surface area contributed by atoms with Crippen LogP contribution in [0.15, 0.2) is 48.5 Å². The molecule has 2 aromatic carbocycles. The maximum Gasteiger partial charge on any atom is 0.305 e. The van der Waals surface area contributed by atoms with Crippen molar-refractivity contribution < 1.29 is 14.3 Å². The zero-order chi connectivity index (χ0) is 15.1. The molecule has 0 spiro atoms. The van der Waals surface area contributed by atoms with Crippen LogP contribution in [0.2, 0.25) is 0 Å². The summed E-state index contributed by atoms with van der Waals surface area (Å²) in [4.78, 5) is 11.1. The molecule has 0 radical (unpaired) electrons. The third-order valence-corrected chi connectivity index (χ3v) is 3.29. The van der Waals surface area contributed by atoms with Gasteiger partial charge in [0.1, 0.15) is 12.4 Å². The van der Waals surface area contributed by atoms with Gasteiger partial charge in [-0.2, -0.15) is 0 Å². The number of aryl methyl sites for hydroxylation is 2. The van der Waals surface area contributed by atoms with E-state index in [-0.39, 0.29) is 5.97 Å². The van der Waals surface area contributed by atoms with Crippen LogP contribution in [0.1, 0.15) is 23.1 Å². The van der Waals surface area contributed by atoms with E-state index >= 15 is 0 Å². The number of carbonyl (C=O) groups is 1. The predicted molar refractivity (Wildman–Crippen MR) is 82.3 cm³/mol. The Bertz CT molecular complexity index is 570. The van der Waals surface area contributed by atoms with Gasteiger partial charge in [-0.05, 0) is 36.6 Å². The van der Waals surface area contributed by atoms with E-state index in [1.807, 2.05) is 24.3 Å². The number of hydrogen-bond donors (Lipinski definition) is 0. The predicted octanol–water partition coefficient (Wildman–Crippen LogP) is 3.68. The number of carbonyl (C=O) groups excluding carboxylic acids is 1.